The molecular weight excluding hydrogens is 288 g/mol. The number of ketones is 1. The molecule has 2 aromatic carbocycles. The van der Waals surface area contributed by atoms with Crippen LogP contribution in [0.5, 0.6) is 11.5 Å². The van der Waals surface area contributed by atoms with Gasteiger partial charge in [0.25, 0.3) is 0 Å². The summed E-state index contributed by atoms with van der Waals surface area (Å²) in [5.74, 6) is 1.13. The lowest BCUT2D eigenvalue weighted by Gasteiger charge is -2.09. The molecule has 0 saturated carbocycles. The first-order valence-electron chi connectivity index (χ1n) is 6.76. The predicted molar refractivity (Wildman–Crippen MR) is 83.7 cm³/mol. The smallest absolute Gasteiger partial charge is 0.196 e. The molecule has 0 aromatic heterocycles. The fraction of sp³-hybridized carbons (Fsp3) is 0.235. The average molecular weight is 305 g/mol. The summed E-state index contributed by atoms with van der Waals surface area (Å²) in [6.07, 6.45) is 0.947. The lowest BCUT2D eigenvalue weighted by atomic mass is 10.0. The summed E-state index contributed by atoms with van der Waals surface area (Å²) in [4.78, 5) is 12.5. The molecule has 0 fully saturated rings. The molecule has 0 spiro atoms. The molecule has 0 aliphatic rings. The third-order valence-electron chi connectivity index (χ3n) is 3.00. The molecule has 110 valence electrons. The van der Waals surface area contributed by atoms with Crippen molar-refractivity contribution in [1.82, 2.24) is 0 Å². The number of carbonyl (C=O) groups excluding carboxylic acids is 1. The quantitative estimate of drug-likeness (QED) is 0.743. The van der Waals surface area contributed by atoms with Crippen molar-refractivity contribution in [3.05, 3.63) is 58.6 Å². The summed E-state index contributed by atoms with van der Waals surface area (Å²) in [6, 6.07) is 12.1. The van der Waals surface area contributed by atoms with Gasteiger partial charge in [0.05, 0.1) is 19.3 Å². The summed E-state index contributed by atoms with van der Waals surface area (Å²) in [6.45, 7) is 2.71. The van der Waals surface area contributed by atoms with Gasteiger partial charge in [0.15, 0.2) is 5.78 Å². The van der Waals surface area contributed by atoms with Crippen molar-refractivity contribution in [2.75, 3.05) is 13.7 Å². The Morgan fingerprint density at radius 3 is 2.48 bits per heavy atom. The van der Waals surface area contributed by atoms with Gasteiger partial charge in [0, 0.05) is 10.6 Å². The number of ether oxygens (including phenoxy) is 2. The molecule has 0 radical (unpaired) electrons. The van der Waals surface area contributed by atoms with E-state index in [0.29, 0.717) is 28.5 Å². The number of hydrogen-bond donors (Lipinski definition) is 0. The third kappa shape index (κ3) is 3.76. The second kappa shape index (κ2) is 7.14. The molecule has 0 aliphatic carbocycles. The van der Waals surface area contributed by atoms with E-state index in [2.05, 4.69) is 0 Å². The number of methoxy groups -OCH3 is 1. The zero-order valence-corrected chi connectivity index (χ0v) is 12.8. The van der Waals surface area contributed by atoms with Crippen LogP contribution in [0.1, 0.15) is 29.3 Å². The van der Waals surface area contributed by atoms with Crippen LogP contribution < -0.4 is 9.47 Å². The molecule has 0 atom stereocenters. The lowest BCUT2D eigenvalue weighted by Crippen LogP contribution is -2.04. The van der Waals surface area contributed by atoms with Crippen LogP contribution in [-0.4, -0.2) is 19.5 Å². The first-order chi connectivity index (χ1) is 10.2. The molecule has 0 heterocycles. The zero-order chi connectivity index (χ0) is 15.2. The summed E-state index contributed by atoms with van der Waals surface area (Å²) in [5, 5.41) is 0.534. The van der Waals surface area contributed by atoms with E-state index in [4.69, 9.17) is 21.1 Å². The van der Waals surface area contributed by atoms with Crippen LogP contribution >= 0.6 is 11.6 Å². The first-order valence-corrected chi connectivity index (χ1v) is 7.14. The van der Waals surface area contributed by atoms with Crippen molar-refractivity contribution in [3.63, 3.8) is 0 Å². The van der Waals surface area contributed by atoms with Crippen LogP contribution in [0.3, 0.4) is 0 Å². The van der Waals surface area contributed by atoms with Crippen LogP contribution in [0.4, 0.5) is 0 Å². The Bertz CT molecular complexity index is 620. The van der Waals surface area contributed by atoms with E-state index < -0.39 is 0 Å². The van der Waals surface area contributed by atoms with Crippen molar-refractivity contribution in [3.8, 4) is 11.5 Å². The number of rotatable bonds is 6. The topological polar surface area (TPSA) is 35.5 Å². The van der Waals surface area contributed by atoms with E-state index >= 15 is 0 Å². The lowest BCUT2D eigenvalue weighted by molar-refractivity contribution is 0.103. The minimum absolute atomic E-state index is 0.106. The van der Waals surface area contributed by atoms with Gasteiger partial charge in [-0.2, -0.15) is 0 Å². The largest absolute Gasteiger partial charge is 0.496 e. The molecule has 3 nitrogen and oxygen atoms in total. The number of benzene rings is 2. The van der Waals surface area contributed by atoms with Gasteiger partial charge < -0.3 is 9.47 Å². The SMILES string of the molecule is CCCOc1ccc(C(=O)c2ccc(Cl)cc2OC)cc1. The standard InChI is InChI=1S/C17H17ClO3/c1-3-10-21-14-7-4-12(5-8-14)17(19)15-9-6-13(18)11-16(15)20-2/h4-9,11H,3,10H2,1-2H3. The molecule has 21 heavy (non-hydrogen) atoms. The van der Waals surface area contributed by atoms with Gasteiger partial charge >= 0.3 is 0 Å². The van der Waals surface area contributed by atoms with Crippen molar-refractivity contribution in [1.29, 1.82) is 0 Å². The monoisotopic (exact) mass is 304 g/mol. The van der Waals surface area contributed by atoms with Crippen LogP contribution in [-0.2, 0) is 0 Å². The van der Waals surface area contributed by atoms with Crippen molar-refractivity contribution in [2.45, 2.75) is 13.3 Å². The molecule has 2 aromatic rings. The zero-order valence-electron chi connectivity index (χ0n) is 12.1. The molecule has 4 heteroatoms. The number of carbonyl (C=O) groups is 1. The van der Waals surface area contributed by atoms with Crippen LogP contribution in [0.2, 0.25) is 5.02 Å². The van der Waals surface area contributed by atoms with E-state index in [1.54, 1.807) is 42.5 Å². The molecule has 2 rings (SSSR count). The van der Waals surface area contributed by atoms with Crippen molar-refractivity contribution >= 4 is 17.4 Å². The molecule has 0 saturated heterocycles. The van der Waals surface area contributed by atoms with Gasteiger partial charge in [-0.1, -0.05) is 18.5 Å². The van der Waals surface area contributed by atoms with E-state index in [1.807, 2.05) is 6.92 Å². The molecule has 0 aliphatic heterocycles. The van der Waals surface area contributed by atoms with E-state index in [1.165, 1.54) is 7.11 Å². The molecule has 0 N–H and O–H groups in total. The Labute approximate surface area is 129 Å². The maximum atomic E-state index is 12.5. The van der Waals surface area contributed by atoms with Crippen LogP contribution in [0, 0.1) is 0 Å². The van der Waals surface area contributed by atoms with Crippen LogP contribution in [0.25, 0.3) is 0 Å². The maximum absolute atomic E-state index is 12.5. The Morgan fingerprint density at radius 2 is 1.86 bits per heavy atom. The van der Waals surface area contributed by atoms with Gasteiger partial charge in [-0.25, -0.2) is 0 Å². The fourth-order valence-corrected chi connectivity index (χ4v) is 2.09. The number of hydrogen-bond acceptors (Lipinski definition) is 3. The minimum Gasteiger partial charge on any atom is -0.496 e. The summed E-state index contributed by atoms with van der Waals surface area (Å²) < 4.78 is 10.7. The van der Waals surface area contributed by atoms with Crippen LogP contribution in [0.15, 0.2) is 42.5 Å². The Kier molecular flexibility index (Phi) is 5.23. The van der Waals surface area contributed by atoms with Gasteiger partial charge in [-0.3, -0.25) is 4.79 Å². The third-order valence-corrected chi connectivity index (χ3v) is 3.23. The highest BCUT2D eigenvalue weighted by atomic mass is 35.5. The molecule has 0 bridgehead atoms. The fourth-order valence-electron chi connectivity index (χ4n) is 1.93. The highest BCUT2D eigenvalue weighted by Crippen LogP contribution is 2.26. The Hall–Kier alpha value is -2.00. The second-order valence-electron chi connectivity index (χ2n) is 4.55. The van der Waals surface area contributed by atoms with Gasteiger partial charge in [0.1, 0.15) is 11.5 Å². The van der Waals surface area contributed by atoms with Gasteiger partial charge in [-0.15, -0.1) is 0 Å². The minimum atomic E-state index is -0.106. The normalized spacial score (nSPS) is 10.2. The highest BCUT2D eigenvalue weighted by molar-refractivity contribution is 6.31. The summed E-state index contributed by atoms with van der Waals surface area (Å²) >= 11 is 5.91. The van der Waals surface area contributed by atoms with Crippen molar-refractivity contribution in [2.24, 2.45) is 0 Å². The van der Waals surface area contributed by atoms with E-state index in [-0.39, 0.29) is 5.78 Å². The molecule has 0 amide bonds. The summed E-state index contributed by atoms with van der Waals surface area (Å²) in [7, 11) is 1.52. The van der Waals surface area contributed by atoms with E-state index in [9.17, 15) is 4.79 Å². The Morgan fingerprint density at radius 1 is 1.14 bits per heavy atom. The first kappa shape index (κ1) is 15.4. The molecular formula is C17H17ClO3. The number of halogens is 1. The Balaban J connectivity index is 2.23. The second-order valence-corrected chi connectivity index (χ2v) is 4.98. The van der Waals surface area contributed by atoms with Crippen molar-refractivity contribution < 1.29 is 14.3 Å². The maximum Gasteiger partial charge on any atom is 0.196 e. The van der Waals surface area contributed by atoms with Gasteiger partial charge in [-0.05, 0) is 48.9 Å². The molecule has 0 unspecified atom stereocenters. The highest BCUT2D eigenvalue weighted by Gasteiger charge is 2.14. The van der Waals surface area contributed by atoms with E-state index in [0.717, 1.165) is 12.2 Å². The average Bonchev–Trinajstić information content (AvgIpc) is 2.52. The predicted octanol–water partition coefficient (Wildman–Crippen LogP) is 4.37. The van der Waals surface area contributed by atoms with Gasteiger partial charge in [0.2, 0.25) is 0 Å². The summed E-state index contributed by atoms with van der Waals surface area (Å²) in [5.41, 5.74) is 1.07.